The summed E-state index contributed by atoms with van der Waals surface area (Å²) in [7, 11) is 0. The molecule has 0 N–H and O–H groups in total. The van der Waals surface area contributed by atoms with Crippen molar-refractivity contribution in [2.24, 2.45) is 0 Å². The van der Waals surface area contributed by atoms with Crippen molar-refractivity contribution in [1.29, 1.82) is 0 Å². The topological polar surface area (TPSA) is 0 Å². The monoisotopic (exact) mass is 132 g/mol. The van der Waals surface area contributed by atoms with Crippen molar-refractivity contribution < 1.29 is 4.39 Å². The highest BCUT2D eigenvalue weighted by Gasteiger charge is 2.19. The number of hydrogen-bond donors (Lipinski definition) is 0. The Morgan fingerprint density at radius 1 is 1.11 bits per heavy atom. The molecule has 0 fully saturated rings. The van der Waals surface area contributed by atoms with E-state index >= 15 is 0 Å². The molecule has 0 atom stereocenters. The Kier molecular flexibility index (Phi) is 3.83. The molecule has 0 heterocycles. The van der Waals surface area contributed by atoms with Crippen molar-refractivity contribution in [2.45, 2.75) is 52.1 Å². The van der Waals surface area contributed by atoms with E-state index in [-0.39, 0.29) is 0 Å². The van der Waals surface area contributed by atoms with Crippen molar-refractivity contribution in [3.63, 3.8) is 0 Å². The molecule has 0 aliphatic carbocycles. The lowest BCUT2D eigenvalue weighted by Crippen LogP contribution is -2.16. The molecule has 0 nitrogen and oxygen atoms in total. The quantitative estimate of drug-likeness (QED) is 0.550. The lowest BCUT2D eigenvalue weighted by Gasteiger charge is -2.17. The molecule has 0 radical (unpaired) electrons. The van der Waals surface area contributed by atoms with Gasteiger partial charge in [0.1, 0.15) is 5.67 Å². The second kappa shape index (κ2) is 3.86. The van der Waals surface area contributed by atoms with Crippen LogP contribution in [0.4, 0.5) is 4.39 Å². The minimum Gasteiger partial charge on any atom is -0.244 e. The van der Waals surface area contributed by atoms with E-state index in [0.29, 0.717) is 12.8 Å². The number of alkyl halides is 1. The first-order valence-corrected chi connectivity index (χ1v) is 3.81. The molecule has 0 saturated carbocycles. The fourth-order valence-corrected chi connectivity index (χ4v) is 1.17. The van der Waals surface area contributed by atoms with Crippen LogP contribution in [0.15, 0.2) is 0 Å². The molecule has 9 heavy (non-hydrogen) atoms. The van der Waals surface area contributed by atoms with Crippen molar-refractivity contribution in [3.05, 3.63) is 0 Å². The van der Waals surface area contributed by atoms with Gasteiger partial charge in [-0.25, -0.2) is 4.39 Å². The van der Waals surface area contributed by atoms with Gasteiger partial charge in [-0.15, -0.1) is 0 Å². The van der Waals surface area contributed by atoms with Gasteiger partial charge in [0, 0.05) is 0 Å². The minimum atomic E-state index is -0.899. The van der Waals surface area contributed by atoms with E-state index in [1.807, 2.05) is 13.8 Å². The zero-order valence-corrected chi connectivity index (χ0v) is 6.71. The fraction of sp³-hybridized carbons (Fsp3) is 1.00. The summed E-state index contributed by atoms with van der Waals surface area (Å²) in [5.41, 5.74) is -0.899. The second-order valence-electron chi connectivity index (χ2n) is 2.91. The predicted molar refractivity (Wildman–Crippen MR) is 39.3 cm³/mol. The number of hydrogen-bond acceptors (Lipinski definition) is 0. The van der Waals surface area contributed by atoms with E-state index in [1.165, 1.54) is 0 Å². The third kappa shape index (κ3) is 4.43. The van der Waals surface area contributed by atoms with Gasteiger partial charge < -0.3 is 0 Å². The predicted octanol–water partition coefficient (Wildman–Crippen LogP) is 3.31. The molecule has 0 spiro atoms. The van der Waals surface area contributed by atoms with Gasteiger partial charge in [0.15, 0.2) is 0 Å². The Bertz CT molecular complexity index is 59.0. The van der Waals surface area contributed by atoms with Crippen molar-refractivity contribution in [2.75, 3.05) is 0 Å². The standard InChI is InChI=1S/C8H17F/c1-4-6-8(3,9)7-5-2/h4-7H2,1-3H3. The lowest BCUT2D eigenvalue weighted by atomic mass is 9.97. The van der Waals surface area contributed by atoms with Crippen LogP contribution < -0.4 is 0 Å². The minimum absolute atomic E-state index is 0.709. The Morgan fingerprint density at radius 2 is 1.44 bits per heavy atom. The molecule has 56 valence electrons. The van der Waals surface area contributed by atoms with E-state index in [2.05, 4.69) is 0 Å². The number of halogens is 1. The first-order chi connectivity index (χ1) is 4.12. The largest absolute Gasteiger partial charge is 0.244 e. The first kappa shape index (κ1) is 8.93. The Morgan fingerprint density at radius 3 is 1.67 bits per heavy atom. The van der Waals surface area contributed by atoms with Crippen LogP contribution in [0.3, 0.4) is 0 Å². The maximum atomic E-state index is 13.1. The molecule has 0 aliphatic rings. The molecule has 0 aromatic rings. The van der Waals surface area contributed by atoms with Gasteiger partial charge in [0.25, 0.3) is 0 Å². The Balaban J connectivity index is 3.43. The molecule has 1 heteroatoms. The molecule has 0 aromatic carbocycles. The third-order valence-electron chi connectivity index (χ3n) is 1.54. The highest BCUT2D eigenvalue weighted by Crippen LogP contribution is 2.22. The fourth-order valence-electron chi connectivity index (χ4n) is 1.17. The van der Waals surface area contributed by atoms with E-state index in [9.17, 15) is 4.39 Å². The Hall–Kier alpha value is -0.0700. The van der Waals surface area contributed by atoms with Crippen LogP contribution in [0.2, 0.25) is 0 Å². The van der Waals surface area contributed by atoms with Crippen LogP contribution in [0.25, 0.3) is 0 Å². The van der Waals surface area contributed by atoms with E-state index in [1.54, 1.807) is 6.92 Å². The summed E-state index contributed by atoms with van der Waals surface area (Å²) in [5, 5.41) is 0. The zero-order valence-electron chi connectivity index (χ0n) is 6.71. The van der Waals surface area contributed by atoms with Crippen LogP contribution in [0, 0.1) is 0 Å². The molecular weight excluding hydrogens is 115 g/mol. The second-order valence-corrected chi connectivity index (χ2v) is 2.91. The maximum Gasteiger partial charge on any atom is 0.108 e. The normalized spacial score (nSPS) is 12.0. The average molecular weight is 132 g/mol. The van der Waals surface area contributed by atoms with Gasteiger partial charge >= 0.3 is 0 Å². The van der Waals surface area contributed by atoms with Gasteiger partial charge in [-0.1, -0.05) is 26.7 Å². The summed E-state index contributed by atoms with van der Waals surface area (Å²) in [5.74, 6) is 0. The molecule has 0 rings (SSSR count). The van der Waals surface area contributed by atoms with Gasteiger partial charge in [-0.05, 0) is 19.8 Å². The van der Waals surface area contributed by atoms with Crippen LogP contribution in [-0.2, 0) is 0 Å². The van der Waals surface area contributed by atoms with E-state index in [4.69, 9.17) is 0 Å². The van der Waals surface area contributed by atoms with Crippen molar-refractivity contribution in [3.8, 4) is 0 Å². The maximum absolute atomic E-state index is 13.1. The van der Waals surface area contributed by atoms with Crippen LogP contribution in [0.1, 0.15) is 46.5 Å². The van der Waals surface area contributed by atoms with Gasteiger partial charge in [-0.2, -0.15) is 0 Å². The summed E-state index contributed by atoms with van der Waals surface area (Å²) in [6, 6.07) is 0. The smallest absolute Gasteiger partial charge is 0.108 e. The molecule has 0 aliphatic heterocycles. The average Bonchev–Trinajstić information content (AvgIpc) is 1.64. The highest BCUT2D eigenvalue weighted by atomic mass is 19.1. The number of rotatable bonds is 4. The van der Waals surface area contributed by atoms with Gasteiger partial charge in [0.05, 0.1) is 0 Å². The lowest BCUT2D eigenvalue weighted by molar-refractivity contribution is 0.159. The molecule has 0 unspecified atom stereocenters. The van der Waals surface area contributed by atoms with Crippen molar-refractivity contribution >= 4 is 0 Å². The molecule has 0 amide bonds. The van der Waals surface area contributed by atoms with Gasteiger partial charge in [0.2, 0.25) is 0 Å². The third-order valence-corrected chi connectivity index (χ3v) is 1.54. The van der Waals surface area contributed by atoms with E-state index in [0.717, 1.165) is 12.8 Å². The van der Waals surface area contributed by atoms with Gasteiger partial charge in [-0.3, -0.25) is 0 Å². The molecule has 0 aromatic heterocycles. The summed E-state index contributed by atoms with van der Waals surface area (Å²) in [6.45, 7) is 5.74. The summed E-state index contributed by atoms with van der Waals surface area (Å²) in [4.78, 5) is 0. The molecule has 0 bridgehead atoms. The molecular formula is C8H17F. The summed E-state index contributed by atoms with van der Waals surface area (Å²) < 4.78 is 13.1. The summed E-state index contributed by atoms with van der Waals surface area (Å²) >= 11 is 0. The summed E-state index contributed by atoms with van der Waals surface area (Å²) in [6.07, 6.45) is 3.32. The van der Waals surface area contributed by atoms with Crippen LogP contribution >= 0.6 is 0 Å². The van der Waals surface area contributed by atoms with Crippen LogP contribution in [0.5, 0.6) is 0 Å². The molecule has 0 saturated heterocycles. The zero-order chi connectivity index (χ0) is 7.33. The highest BCUT2D eigenvalue weighted by molar-refractivity contribution is 4.70. The van der Waals surface area contributed by atoms with Crippen LogP contribution in [-0.4, -0.2) is 5.67 Å². The van der Waals surface area contributed by atoms with E-state index < -0.39 is 5.67 Å². The van der Waals surface area contributed by atoms with Crippen molar-refractivity contribution in [1.82, 2.24) is 0 Å². The SMILES string of the molecule is CCCC(C)(F)CCC. The first-order valence-electron chi connectivity index (χ1n) is 3.81. The Labute approximate surface area is 57.5 Å².